The van der Waals surface area contributed by atoms with Gasteiger partial charge in [-0.25, -0.2) is 0 Å². The predicted molar refractivity (Wildman–Crippen MR) is 87.4 cm³/mol. The fourth-order valence-corrected chi connectivity index (χ4v) is 5.56. The van der Waals surface area contributed by atoms with Crippen LogP contribution < -0.4 is 4.74 Å². The molecule has 0 N–H and O–H groups in total. The molecule has 0 unspecified atom stereocenters. The first-order valence-electron chi connectivity index (χ1n) is 8.83. The van der Waals surface area contributed by atoms with Gasteiger partial charge < -0.3 is 4.74 Å². The Morgan fingerprint density at radius 1 is 1.22 bits per heavy atom. The van der Waals surface area contributed by atoms with Crippen molar-refractivity contribution >= 4 is 11.8 Å². The van der Waals surface area contributed by atoms with Gasteiger partial charge in [0.15, 0.2) is 0 Å². The van der Waals surface area contributed by atoms with Crippen LogP contribution in [-0.4, -0.2) is 11.8 Å². The first-order valence-corrected chi connectivity index (χ1v) is 8.83. The van der Waals surface area contributed by atoms with E-state index in [0.717, 1.165) is 38.5 Å². The highest BCUT2D eigenvalue weighted by atomic mass is 16.5. The molecule has 4 rings (SSSR count). The average molecular weight is 312 g/mol. The van der Waals surface area contributed by atoms with Crippen LogP contribution >= 0.6 is 0 Å². The Hall–Kier alpha value is -1.64. The molecule has 2 saturated carbocycles. The maximum Gasteiger partial charge on any atom is 0.308 e. The summed E-state index contributed by atoms with van der Waals surface area (Å²) in [5.74, 6) is 2.68. The molecule has 3 aliphatic rings. The molecule has 0 bridgehead atoms. The van der Waals surface area contributed by atoms with Crippen LogP contribution in [0, 0.1) is 17.3 Å². The first kappa shape index (κ1) is 14.9. The Balaban J connectivity index is 1.65. The number of carbonyl (C=O) groups excluding carboxylic acids is 2. The van der Waals surface area contributed by atoms with E-state index < -0.39 is 0 Å². The second kappa shape index (κ2) is 5.19. The Morgan fingerprint density at radius 3 is 2.83 bits per heavy atom. The highest BCUT2D eigenvalue weighted by Crippen LogP contribution is 2.59. The molecule has 3 nitrogen and oxygen atoms in total. The number of rotatable bonds is 1. The molecular weight excluding hydrogens is 288 g/mol. The highest BCUT2D eigenvalue weighted by molar-refractivity contribution is 5.87. The zero-order valence-corrected chi connectivity index (χ0v) is 13.9. The highest BCUT2D eigenvalue weighted by Gasteiger charge is 2.54. The molecule has 1 aromatic carbocycles. The lowest BCUT2D eigenvalue weighted by Crippen LogP contribution is -2.42. The first-order chi connectivity index (χ1) is 11.0. The van der Waals surface area contributed by atoms with E-state index in [4.69, 9.17) is 4.74 Å². The second-order valence-electron chi connectivity index (χ2n) is 7.79. The average Bonchev–Trinajstić information content (AvgIpc) is 2.82. The van der Waals surface area contributed by atoms with Gasteiger partial charge in [0.25, 0.3) is 0 Å². The van der Waals surface area contributed by atoms with Gasteiger partial charge in [-0.2, -0.15) is 0 Å². The summed E-state index contributed by atoms with van der Waals surface area (Å²) in [5.41, 5.74) is 2.70. The minimum Gasteiger partial charge on any atom is -0.427 e. The molecule has 122 valence electrons. The van der Waals surface area contributed by atoms with Gasteiger partial charge in [-0.05, 0) is 73.1 Å². The Morgan fingerprint density at radius 2 is 2.04 bits per heavy atom. The van der Waals surface area contributed by atoms with Crippen LogP contribution in [0.25, 0.3) is 0 Å². The summed E-state index contributed by atoms with van der Waals surface area (Å²) in [7, 11) is 0. The lowest BCUT2D eigenvalue weighted by molar-refractivity contribution is -0.132. The van der Waals surface area contributed by atoms with Crippen molar-refractivity contribution in [3.8, 4) is 5.75 Å². The zero-order valence-electron chi connectivity index (χ0n) is 13.9. The van der Waals surface area contributed by atoms with Crippen molar-refractivity contribution in [2.45, 2.75) is 58.3 Å². The van der Waals surface area contributed by atoms with Crippen LogP contribution in [0.2, 0.25) is 0 Å². The number of ketones is 1. The Kier molecular flexibility index (Phi) is 3.36. The quantitative estimate of drug-likeness (QED) is 0.580. The number of hydrogen-bond acceptors (Lipinski definition) is 3. The van der Waals surface area contributed by atoms with Crippen molar-refractivity contribution in [3.05, 3.63) is 29.3 Å². The lowest BCUT2D eigenvalue weighted by Gasteiger charge is -2.48. The molecule has 0 heterocycles. The van der Waals surface area contributed by atoms with Crippen molar-refractivity contribution in [2.24, 2.45) is 17.3 Å². The molecule has 0 amide bonds. The van der Waals surface area contributed by atoms with Crippen LogP contribution in [0.3, 0.4) is 0 Å². The topological polar surface area (TPSA) is 43.4 Å². The fraction of sp³-hybridized carbons (Fsp3) is 0.600. The van der Waals surface area contributed by atoms with E-state index in [2.05, 4.69) is 13.0 Å². The number of esters is 1. The van der Waals surface area contributed by atoms with Gasteiger partial charge in [-0.3, -0.25) is 9.59 Å². The summed E-state index contributed by atoms with van der Waals surface area (Å²) in [6, 6.07) is 6.13. The van der Waals surface area contributed by atoms with Crippen molar-refractivity contribution in [3.63, 3.8) is 0 Å². The summed E-state index contributed by atoms with van der Waals surface area (Å²) >= 11 is 0. The number of Topliss-reactive ketones (excluding diaryl/α,β-unsaturated/α-hetero) is 1. The zero-order chi connectivity index (χ0) is 16.2. The molecular formula is C20H24O3. The third-order valence-electron chi connectivity index (χ3n) is 6.67. The number of ether oxygens (including phenoxy) is 1. The van der Waals surface area contributed by atoms with E-state index in [1.54, 1.807) is 0 Å². The number of benzene rings is 1. The minimum absolute atomic E-state index is 0.0592. The van der Waals surface area contributed by atoms with Gasteiger partial charge in [-0.15, -0.1) is 0 Å². The van der Waals surface area contributed by atoms with Crippen molar-refractivity contribution in [2.75, 3.05) is 0 Å². The van der Waals surface area contributed by atoms with Crippen LogP contribution in [0.4, 0.5) is 0 Å². The van der Waals surface area contributed by atoms with Crippen molar-refractivity contribution in [1.29, 1.82) is 0 Å². The molecule has 0 aromatic heterocycles. The molecule has 0 radical (unpaired) electrons. The van der Waals surface area contributed by atoms with Crippen LogP contribution in [-0.2, 0) is 16.0 Å². The Labute approximate surface area is 137 Å². The normalized spacial score (nSPS) is 35.2. The van der Waals surface area contributed by atoms with E-state index in [9.17, 15) is 9.59 Å². The summed E-state index contributed by atoms with van der Waals surface area (Å²) < 4.78 is 5.23. The van der Waals surface area contributed by atoms with E-state index in [1.165, 1.54) is 18.1 Å². The number of carbonyl (C=O) groups is 2. The van der Waals surface area contributed by atoms with Crippen LogP contribution in [0.1, 0.15) is 63.0 Å². The maximum atomic E-state index is 12.3. The van der Waals surface area contributed by atoms with Crippen molar-refractivity contribution < 1.29 is 14.3 Å². The molecule has 3 heteroatoms. The van der Waals surface area contributed by atoms with Gasteiger partial charge in [0.05, 0.1) is 0 Å². The van der Waals surface area contributed by atoms with Gasteiger partial charge in [0.2, 0.25) is 0 Å². The third-order valence-corrected chi connectivity index (χ3v) is 6.67. The van der Waals surface area contributed by atoms with Crippen LogP contribution in [0.5, 0.6) is 5.75 Å². The third kappa shape index (κ3) is 2.24. The monoisotopic (exact) mass is 312 g/mol. The number of fused-ring (bicyclic) bond motifs is 5. The molecule has 0 saturated heterocycles. The molecule has 1 aromatic rings. The van der Waals surface area contributed by atoms with Gasteiger partial charge in [0.1, 0.15) is 11.5 Å². The van der Waals surface area contributed by atoms with Crippen molar-refractivity contribution in [1.82, 2.24) is 0 Å². The lowest BCUT2D eigenvalue weighted by atomic mass is 9.55. The number of hydrogen-bond donors (Lipinski definition) is 0. The minimum atomic E-state index is -0.267. The van der Waals surface area contributed by atoms with E-state index in [0.29, 0.717) is 29.3 Å². The summed E-state index contributed by atoms with van der Waals surface area (Å²) in [5, 5.41) is 0. The van der Waals surface area contributed by atoms with E-state index in [-0.39, 0.29) is 11.4 Å². The van der Waals surface area contributed by atoms with E-state index >= 15 is 0 Å². The summed E-state index contributed by atoms with van der Waals surface area (Å²) in [6.45, 7) is 3.65. The smallest absolute Gasteiger partial charge is 0.308 e. The maximum absolute atomic E-state index is 12.3. The summed E-state index contributed by atoms with van der Waals surface area (Å²) in [6.07, 6.45) is 6.20. The molecule has 3 aliphatic carbocycles. The van der Waals surface area contributed by atoms with Crippen LogP contribution in [0.15, 0.2) is 18.2 Å². The largest absolute Gasteiger partial charge is 0.427 e. The molecule has 2 fully saturated rings. The van der Waals surface area contributed by atoms with Gasteiger partial charge in [0, 0.05) is 18.8 Å². The Bertz CT molecular complexity index is 677. The predicted octanol–water partition coefficient (Wildman–Crippen LogP) is 4.04. The molecule has 4 atom stereocenters. The fourth-order valence-electron chi connectivity index (χ4n) is 5.56. The second-order valence-corrected chi connectivity index (χ2v) is 7.79. The SMILES string of the molecule is CC(=O)Oc1ccc2c(c1)CC[C@@H]1[C@H]2CC[C@@]2(C)C(=O)CC[C@@H]12. The summed E-state index contributed by atoms with van der Waals surface area (Å²) in [4.78, 5) is 23.5. The van der Waals surface area contributed by atoms with Gasteiger partial charge >= 0.3 is 5.97 Å². The molecule has 0 aliphatic heterocycles. The van der Waals surface area contributed by atoms with E-state index in [1.807, 2.05) is 12.1 Å². The molecule has 23 heavy (non-hydrogen) atoms. The number of aryl methyl sites for hydroxylation is 1. The standard InChI is InChI=1S/C20H24O3/c1-12(21)23-14-4-6-15-13(11-14)3-5-17-16(15)9-10-20(2)18(17)7-8-19(20)22/h4,6,11,16-18H,3,5,7-10H2,1-2H3/t16-,17+,18-,20+/m0/s1. The molecule has 0 spiro atoms. The van der Waals surface area contributed by atoms with Gasteiger partial charge in [-0.1, -0.05) is 13.0 Å².